The lowest BCUT2D eigenvalue weighted by atomic mass is 10.2. The van der Waals surface area contributed by atoms with E-state index in [1.54, 1.807) is 6.26 Å². The molecule has 3 heteroatoms. The molecule has 0 fully saturated rings. The van der Waals surface area contributed by atoms with Crippen LogP contribution in [0.15, 0.2) is 48.0 Å². The van der Waals surface area contributed by atoms with Crippen molar-refractivity contribution in [3.63, 3.8) is 0 Å². The first-order chi connectivity index (χ1) is 9.06. The quantitative estimate of drug-likeness (QED) is 0.440. The van der Waals surface area contributed by atoms with Gasteiger partial charge in [0.15, 0.2) is 0 Å². The molecular formula is C17H28OSi2. The molecule has 0 aliphatic carbocycles. The second-order valence-corrected chi connectivity index (χ2v) is 16.5. The van der Waals surface area contributed by atoms with Gasteiger partial charge in [0, 0.05) is 0 Å². The highest BCUT2D eigenvalue weighted by Crippen LogP contribution is 2.36. The van der Waals surface area contributed by atoms with Gasteiger partial charge in [0.2, 0.25) is 0 Å². The molecule has 1 rings (SSSR count). The van der Waals surface area contributed by atoms with E-state index in [-0.39, 0.29) is 5.04 Å². The fraction of sp³-hybridized carbons (Fsp3) is 0.471. The van der Waals surface area contributed by atoms with Gasteiger partial charge in [0.05, 0.1) is 0 Å². The number of hydrogen-bond donors (Lipinski definition) is 0. The summed E-state index contributed by atoms with van der Waals surface area (Å²) in [6.07, 6.45) is 1.79. The topological polar surface area (TPSA) is 9.23 Å². The van der Waals surface area contributed by atoms with E-state index in [0.717, 1.165) is 0 Å². The Kier molecular flexibility index (Phi) is 5.25. The predicted molar refractivity (Wildman–Crippen MR) is 94.5 cm³/mol. The predicted octanol–water partition coefficient (Wildman–Crippen LogP) is 4.83. The first kappa shape index (κ1) is 17.0. The van der Waals surface area contributed by atoms with Gasteiger partial charge >= 0.3 is 0 Å². The van der Waals surface area contributed by atoms with Crippen molar-refractivity contribution in [2.24, 2.45) is 0 Å². The van der Waals surface area contributed by atoms with E-state index in [0.29, 0.717) is 0 Å². The van der Waals surface area contributed by atoms with Gasteiger partial charge < -0.3 is 4.43 Å². The molecule has 0 aromatic heterocycles. The lowest BCUT2D eigenvalue weighted by Crippen LogP contribution is -2.39. The first-order valence-corrected chi connectivity index (χ1v) is 13.2. The Bertz CT molecular complexity index is 489. The zero-order chi connectivity index (χ0) is 15.4. The zero-order valence-corrected chi connectivity index (χ0v) is 15.9. The molecule has 1 aromatic rings. The molecule has 0 saturated carbocycles. The minimum Gasteiger partial charge on any atom is -0.543 e. The Balaban J connectivity index is 2.80. The van der Waals surface area contributed by atoms with Crippen molar-refractivity contribution in [2.45, 2.75) is 52.0 Å². The van der Waals surface area contributed by atoms with Crippen LogP contribution in [0, 0.1) is 0 Å². The molecule has 1 nitrogen and oxygen atoms in total. The molecule has 0 heterocycles. The standard InChI is InChI=1S/C17H28OSi2/c1-17(2,3)20(6,7)18-14-11-15-19(4,5)16-12-9-8-10-13-16/h8-10,12-15H,1-7H3. The van der Waals surface area contributed by atoms with E-state index in [1.807, 2.05) is 0 Å². The number of rotatable bonds is 4. The first-order valence-electron chi connectivity index (χ1n) is 7.22. The van der Waals surface area contributed by atoms with Crippen LogP contribution in [-0.4, -0.2) is 16.4 Å². The van der Waals surface area contributed by atoms with Crippen LogP contribution in [-0.2, 0) is 4.43 Å². The van der Waals surface area contributed by atoms with Gasteiger partial charge in [-0.3, -0.25) is 0 Å². The highest BCUT2D eigenvalue weighted by atomic mass is 28.4. The monoisotopic (exact) mass is 304 g/mol. The van der Waals surface area contributed by atoms with E-state index >= 15 is 0 Å². The van der Waals surface area contributed by atoms with Gasteiger partial charge in [0.1, 0.15) is 14.3 Å². The largest absolute Gasteiger partial charge is 0.543 e. The average Bonchev–Trinajstić information content (AvgIpc) is 2.34. The molecule has 1 aromatic carbocycles. The minimum absolute atomic E-state index is 0.234. The molecular weight excluding hydrogens is 276 g/mol. The zero-order valence-electron chi connectivity index (χ0n) is 13.9. The van der Waals surface area contributed by atoms with E-state index in [9.17, 15) is 0 Å². The summed E-state index contributed by atoms with van der Waals surface area (Å²) in [5, 5.41) is 1.66. The van der Waals surface area contributed by atoms with Crippen molar-refractivity contribution in [3.8, 4) is 0 Å². The van der Waals surface area contributed by atoms with Gasteiger partial charge in [-0.15, -0.1) is 0 Å². The highest BCUT2D eigenvalue weighted by Gasteiger charge is 2.37. The maximum Gasteiger partial charge on any atom is 0.250 e. The van der Waals surface area contributed by atoms with Crippen LogP contribution >= 0.6 is 0 Å². The van der Waals surface area contributed by atoms with Gasteiger partial charge in [0.25, 0.3) is 8.32 Å². The highest BCUT2D eigenvalue weighted by molar-refractivity contribution is 6.93. The Morgan fingerprint density at radius 3 is 2.05 bits per heavy atom. The molecule has 0 saturated heterocycles. The fourth-order valence-corrected chi connectivity index (χ4v) is 3.97. The maximum atomic E-state index is 6.02. The minimum atomic E-state index is -1.70. The molecule has 0 aliphatic rings. The summed E-state index contributed by atoms with van der Waals surface area (Å²) in [4.78, 5) is 0. The van der Waals surface area contributed by atoms with Crippen molar-refractivity contribution < 1.29 is 4.43 Å². The molecule has 0 unspecified atom stereocenters. The van der Waals surface area contributed by atoms with E-state index in [4.69, 9.17) is 4.43 Å². The van der Waals surface area contributed by atoms with Gasteiger partial charge in [-0.05, 0) is 23.8 Å². The third kappa shape index (κ3) is 4.51. The van der Waals surface area contributed by atoms with E-state index < -0.39 is 16.4 Å². The normalized spacial score (nSPS) is 12.6. The molecule has 20 heavy (non-hydrogen) atoms. The van der Waals surface area contributed by atoms with Gasteiger partial charge in [-0.1, -0.05) is 75.1 Å². The van der Waals surface area contributed by atoms with Crippen molar-refractivity contribution in [1.82, 2.24) is 0 Å². The second-order valence-electron chi connectivity index (χ2n) is 7.39. The van der Waals surface area contributed by atoms with E-state index in [1.165, 1.54) is 5.19 Å². The molecule has 0 bridgehead atoms. The molecule has 0 aliphatic heterocycles. The van der Waals surface area contributed by atoms with Crippen molar-refractivity contribution in [3.05, 3.63) is 48.0 Å². The lowest BCUT2D eigenvalue weighted by molar-refractivity contribution is 0.431. The van der Waals surface area contributed by atoms with Crippen LogP contribution in [0.1, 0.15) is 20.8 Å². The number of benzene rings is 1. The fourth-order valence-electron chi connectivity index (χ4n) is 1.55. The third-order valence-corrected chi connectivity index (χ3v) is 11.2. The van der Waals surface area contributed by atoms with Crippen LogP contribution in [0.3, 0.4) is 0 Å². The average molecular weight is 305 g/mol. The smallest absolute Gasteiger partial charge is 0.250 e. The summed E-state index contributed by atoms with van der Waals surface area (Å²) >= 11 is 0. The van der Waals surface area contributed by atoms with Gasteiger partial charge in [-0.25, -0.2) is 0 Å². The Hall–Kier alpha value is -1.03. The Labute approximate surface area is 126 Å². The van der Waals surface area contributed by atoms with Crippen LogP contribution < -0.4 is 5.19 Å². The Morgan fingerprint density at radius 2 is 1.55 bits per heavy atom. The summed E-state index contributed by atoms with van der Waals surface area (Å²) in [6, 6.07) is 10.7. The van der Waals surface area contributed by atoms with Crippen LogP contribution in [0.5, 0.6) is 0 Å². The summed E-state index contributed by atoms with van der Waals surface area (Å²) in [7, 11) is -3.26. The van der Waals surface area contributed by atoms with Crippen LogP contribution in [0.4, 0.5) is 0 Å². The summed E-state index contributed by atoms with van der Waals surface area (Å²) in [5.41, 5.74) is 5.49. The number of hydrogen-bond acceptors (Lipinski definition) is 1. The Morgan fingerprint density at radius 1 is 1.00 bits per heavy atom. The molecule has 0 spiro atoms. The molecule has 0 amide bonds. The summed E-state index contributed by atoms with van der Waals surface area (Å²) in [6.45, 7) is 15.9. The third-order valence-electron chi connectivity index (χ3n) is 4.19. The molecule has 0 radical (unpaired) electrons. The molecule has 0 atom stereocenters. The summed E-state index contributed by atoms with van der Waals surface area (Å²) < 4.78 is 6.02. The maximum absolute atomic E-state index is 6.02. The molecule has 0 N–H and O–H groups in total. The van der Waals surface area contributed by atoms with Crippen LogP contribution in [0.25, 0.3) is 0 Å². The SMILES string of the molecule is CC(C)(C)[Si](C)(C)OC=C=C[Si](C)(C)c1ccccc1. The van der Waals surface area contributed by atoms with E-state index in [2.05, 4.69) is 88.7 Å². The van der Waals surface area contributed by atoms with Crippen LogP contribution in [0.2, 0.25) is 31.2 Å². The lowest BCUT2D eigenvalue weighted by Gasteiger charge is -2.34. The van der Waals surface area contributed by atoms with Crippen molar-refractivity contribution >= 4 is 21.6 Å². The van der Waals surface area contributed by atoms with Gasteiger partial charge in [-0.2, -0.15) is 0 Å². The van der Waals surface area contributed by atoms with Crippen molar-refractivity contribution in [2.75, 3.05) is 0 Å². The second kappa shape index (κ2) is 6.17. The summed E-state index contributed by atoms with van der Waals surface area (Å²) in [5.74, 6) is 0. The van der Waals surface area contributed by atoms with Crippen molar-refractivity contribution in [1.29, 1.82) is 0 Å². The molecule has 110 valence electrons.